The molecule has 0 unspecified atom stereocenters. The van der Waals surface area contributed by atoms with E-state index in [1.165, 1.54) is 11.1 Å². The second-order valence-corrected chi connectivity index (χ2v) is 10.0. The van der Waals surface area contributed by atoms with Gasteiger partial charge in [0.1, 0.15) is 17.0 Å². The van der Waals surface area contributed by atoms with Crippen LogP contribution in [0.25, 0.3) is 22.6 Å². The maximum absolute atomic E-state index is 6.44. The van der Waals surface area contributed by atoms with Gasteiger partial charge in [-0.05, 0) is 58.9 Å². The fraction of sp³-hybridized carbons (Fsp3) is 0.333. The second kappa shape index (κ2) is 7.52. The van der Waals surface area contributed by atoms with Gasteiger partial charge in [0.2, 0.25) is 0 Å². The van der Waals surface area contributed by atoms with Crippen molar-refractivity contribution < 1.29 is 9.15 Å². The van der Waals surface area contributed by atoms with Gasteiger partial charge in [-0.1, -0.05) is 47.6 Å². The molecule has 0 N–H and O–H groups in total. The average Bonchev–Trinajstić information content (AvgIpc) is 2.70. The van der Waals surface area contributed by atoms with Gasteiger partial charge in [0.15, 0.2) is 11.3 Å². The van der Waals surface area contributed by atoms with Gasteiger partial charge >= 0.3 is 0 Å². The smallest absolute Gasteiger partial charge is 0.156 e. The van der Waals surface area contributed by atoms with Crippen LogP contribution in [0.1, 0.15) is 52.7 Å². The van der Waals surface area contributed by atoms with E-state index in [0.717, 1.165) is 39.3 Å². The first-order valence-corrected chi connectivity index (χ1v) is 10.6. The van der Waals surface area contributed by atoms with Crippen molar-refractivity contribution in [3.63, 3.8) is 0 Å². The summed E-state index contributed by atoms with van der Waals surface area (Å²) in [5.74, 6) is 1.55. The lowest BCUT2D eigenvalue weighted by Crippen LogP contribution is -2.17. The molecule has 1 heterocycles. The van der Waals surface area contributed by atoms with Crippen LogP contribution in [0.15, 0.2) is 64.0 Å². The lowest BCUT2D eigenvalue weighted by Gasteiger charge is -2.26. The molecule has 2 aromatic rings. The molecule has 31 heavy (non-hydrogen) atoms. The van der Waals surface area contributed by atoms with Crippen LogP contribution in [0, 0.1) is 0 Å². The molecule has 1 aliphatic carbocycles. The third kappa shape index (κ3) is 4.34. The fourth-order valence-corrected chi connectivity index (χ4v) is 3.59. The Bertz CT molecular complexity index is 1270. The number of fused-ring (bicyclic) bond motifs is 2. The van der Waals surface area contributed by atoms with E-state index in [2.05, 4.69) is 53.7 Å². The highest BCUT2D eigenvalue weighted by Gasteiger charge is 2.25. The highest BCUT2D eigenvalue weighted by Crippen LogP contribution is 2.36. The minimum Gasteiger partial charge on any atom is -0.497 e. The molecule has 0 fully saturated rings. The van der Waals surface area contributed by atoms with Gasteiger partial charge in [0.25, 0.3) is 0 Å². The molecule has 1 aliphatic heterocycles. The molecule has 4 heteroatoms. The monoisotopic (exact) mass is 414 g/mol. The van der Waals surface area contributed by atoms with E-state index in [4.69, 9.17) is 19.1 Å². The first-order valence-electron chi connectivity index (χ1n) is 10.6. The van der Waals surface area contributed by atoms with Gasteiger partial charge in [0, 0.05) is 11.6 Å². The van der Waals surface area contributed by atoms with Crippen molar-refractivity contribution in [1.29, 1.82) is 0 Å². The standard InChI is InChI=1S/C27H30N2O2/c1-26(2,3)17-14-21(27(4,5)6)25-23(15-17)29-22-13-10-19(16-24(22)31-25)28-18-8-11-20(30-7)12-9-18/h8-16H,1-7H3. The lowest BCUT2D eigenvalue weighted by atomic mass is 9.80. The molecule has 0 spiro atoms. The Morgan fingerprint density at radius 3 is 2.16 bits per heavy atom. The number of ether oxygens (including phenoxy) is 1. The molecule has 2 aliphatic rings. The predicted molar refractivity (Wildman–Crippen MR) is 126 cm³/mol. The molecular formula is C27H30N2O2. The van der Waals surface area contributed by atoms with Crippen LogP contribution in [0.5, 0.6) is 5.75 Å². The zero-order valence-corrected chi connectivity index (χ0v) is 19.4. The molecule has 4 rings (SSSR count). The second-order valence-electron chi connectivity index (χ2n) is 10.0. The quantitative estimate of drug-likeness (QED) is 0.340. The third-order valence-electron chi connectivity index (χ3n) is 5.47. The van der Waals surface area contributed by atoms with Crippen LogP contribution in [0.4, 0.5) is 5.69 Å². The molecule has 160 valence electrons. The van der Waals surface area contributed by atoms with E-state index in [1.54, 1.807) is 7.11 Å². The van der Waals surface area contributed by atoms with Gasteiger partial charge in [0.05, 0.1) is 18.2 Å². The van der Waals surface area contributed by atoms with Gasteiger partial charge in [-0.3, -0.25) is 0 Å². The maximum atomic E-state index is 6.44. The molecule has 0 aromatic heterocycles. The number of rotatable bonds is 2. The summed E-state index contributed by atoms with van der Waals surface area (Å²) in [5, 5.41) is 0.825. The molecule has 0 bridgehead atoms. The molecular weight excluding hydrogens is 384 g/mol. The fourth-order valence-electron chi connectivity index (χ4n) is 3.59. The largest absolute Gasteiger partial charge is 0.497 e. The zero-order valence-electron chi connectivity index (χ0n) is 19.4. The maximum Gasteiger partial charge on any atom is 0.156 e. The highest BCUT2D eigenvalue weighted by molar-refractivity contribution is 5.81. The highest BCUT2D eigenvalue weighted by atomic mass is 16.5. The summed E-state index contributed by atoms with van der Waals surface area (Å²) in [5.41, 5.74) is 5.82. The third-order valence-corrected chi connectivity index (χ3v) is 5.47. The van der Waals surface area contributed by atoms with Gasteiger partial charge in [-0.25, -0.2) is 9.98 Å². The average molecular weight is 415 g/mol. The van der Waals surface area contributed by atoms with Gasteiger partial charge < -0.3 is 9.15 Å². The Balaban J connectivity index is 1.91. The topological polar surface area (TPSA) is 47.6 Å². The van der Waals surface area contributed by atoms with Gasteiger partial charge in [-0.15, -0.1) is 0 Å². The normalized spacial score (nSPS) is 13.2. The van der Waals surface area contributed by atoms with E-state index >= 15 is 0 Å². The predicted octanol–water partition coefficient (Wildman–Crippen LogP) is 6.77. The van der Waals surface area contributed by atoms with Crippen molar-refractivity contribution in [3.05, 3.63) is 71.1 Å². The Labute approximate surface area is 184 Å². The summed E-state index contributed by atoms with van der Waals surface area (Å²) in [6.07, 6.45) is 0. The van der Waals surface area contributed by atoms with Crippen LogP contribution in [0.2, 0.25) is 0 Å². The number of methoxy groups -OCH3 is 1. The van der Waals surface area contributed by atoms with E-state index in [9.17, 15) is 0 Å². The van der Waals surface area contributed by atoms with Crippen molar-refractivity contribution in [2.24, 2.45) is 4.99 Å². The van der Waals surface area contributed by atoms with Crippen LogP contribution in [-0.2, 0) is 10.8 Å². The minimum atomic E-state index is -0.0660. The number of benzene rings is 3. The number of hydrogen-bond acceptors (Lipinski definition) is 4. The molecule has 4 nitrogen and oxygen atoms in total. The lowest BCUT2D eigenvalue weighted by molar-refractivity contribution is 0.415. The van der Waals surface area contributed by atoms with Crippen molar-refractivity contribution in [2.45, 2.75) is 52.4 Å². The summed E-state index contributed by atoms with van der Waals surface area (Å²) in [7, 11) is 1.66. The van der Waals surface area contributed by atoms with E-state index < -0.39 is 0 Å². The first kappa shape index (κ1) is 21.1. The minimum absolute atomic E-state index is 0.0337. The van der Waals surface area contributed by atoms with Crippen LogP contribution in [0.3, 0.4) is 0 Å². The zero-order chi connectivity index (χ0) is 22.4. The van der Waals surface area contributed by atoms with Crippen molar-refractivity contribution >= 4 is 16.8 Å². The van der Waals surface area contributed by atoms with E-state index in [0.29, 0.717) is 0 Å². The first-order chi connectivity index (χ1) is 14.5. The summed E-state index contributed by atoms with van der Waals surface area (Å²) < 4.78 is 11.7. The van der Waals surface area contributed by atoms with Crippen LogP contribution in [-0.4, -0.2) is 12.1 Å². The van der Waals surface area contributed by atoms with E-state index in [-0.39, 0.29) is 10.8 Å². The Kier molecular flexibility index (Phi) is 5.12. The summed E-state index contributed by atoms with van der Waals surface area (Å²) >= 11 is 0. The molecule has 0 saturated carbocycles. The van der Waals surface area contributed by atoms with E-state index in [1.807, 2.05) is 42.5 Å². The summed E-state index contributed by atoms with van der Waals surface area (Å²) in [4.78, 5) is 9.67. The van der Waals surface area contributed by atoms with Crippen molar-refractivity contribution in [1.82, 2.24) is 4.98 Å². The van der Waals surface area contributed by atoms with Gasteiger partial charge in [-0.2, -0.15) is 0 Å². The summed E-state index contributed by atoms with van der Waals surface area (Å²) in [6, 6.07) is 18.0. The molecule has 0 amide bonds. The molecule has 2 aromatic carbocycles. The van der Waals surface area contributed by atoms with Crippen molar-refractivity contribution in [2.75, 3.05) is 7.11 Å². The van der Waals surface area contributed by atoms with Crippen LogP contribution < -0.4 is 10.1 Å². The number of aromatic nitrogens is 1. The Morgan fingerprint density at radius 1 is 0.839 bits per heavy atom. The Morgan fingerprint density at radius 2 is 1.55 bits per heavy atom. The van der Waals surface area contributed by atoms with Crippen molar-refractivity contribution in [3.8, 4) is 17.2 Å². The number of hydrogen-bond donors (Lipinski definition) is 0. The Hall–Kier alpha value is -3.14. The SMILES string of the molecule is COc1ccc(N=c2ccc3nc4cc(C(C)(C)C)cc(C(C)(C)C)c4oc-3c2)cc1. The molecule has 0 atom stereocenters. The number of nitrogens with zero attached hydrogens (tertiary/aromatic N) is 2. The molecule has 0 radical (unpaired) electrons. The van der Waals surface area contributed by atoms with Crippen LogP contribution >= 0.6 is 0 Å². The molecule has 0 saturated heterocycles. The summed E-state index contributed by atoms with van der Waals surface area (Å²) in [6.45, 7) is 13.3.